The average molecular weight is 413 g/mol. The fourth-order valence-corrected chi connectivity index (χ4v) is 4.13. The highest BCUT2D eigenvalue weighted by Gasteiger charge is 2.29. The Labute approximate surface area is 175 Å². The maximum Gasteiger partial charge on any atom is 0.290 e. The van der Waals surface area contributed by atoms with Crippen LogP contribution in [0.4, 0.5) is 11.5 Å². The number of nitrogens with zero attached hydrogens (tertiary/aromatic N) is 6. The summed E-state index contributed by atoms with van der Waals surface area (Å²) >= 11 is 0. The van der Waals surface area contributed by atoms with Crippen molar-refractivity contribution in [1.29, 1.82) is 0 Å². The van der Waals surface area contributed by atoms with Gasteiger partial charge in [0, 0.05) is 45.3 Å². The first-order valence-corrected chi connectivity index (χ1v) is 10.3. The highest BCUT2D eigenvalue weighted by Crippen LogP contribution is 2.25. The summed E-state index contributed by atoms with van der Waals surface area (Å²) in [5, 5.41) is 18.7. The number of hydrogen-bond donors (Lipinski definition) is 1. The van der Waals surface area contributed by atoms with E-state index in [1.807, 2.05) is 9.58 Å². The first-order valence-electron chi connectivity index (χ1n) is 10.3. The van der Waals surface area contributed by atoms with Gasteiger partial charge in [0.05, 0.1) is 22.4 Å². The molecule has 1 fully saturated rings. The Morgan fingerprint density at radius 2 is 2.03 bits per heavy atom. The highest BCUT2D eigenvalue weighted by atomic mass is 16.6. The number of aromatic nitrogens is 3. The Hall–Kier alpha value is -3.01. The monoisotopic (exact) mass is 413 g/mol. The third-order valence-electron chi connectivity index (χ3n) is 6.03. The number of carbonyl (C=O) groups is 1. The van der Waals surface area contributed by atoms with Gasteiger partial charge < -0.3 is 15.1 Å². The van der Waals surface area contributed by atoms with E-state index in [1.165, 1.54) is 6.07 Å². The van der Waals surface area contributed by atoms with Crippen molar-refractivity contribution in [3.8, 4) is 0 Å². The minimum absolute atomic E-state index is 0.0224. The van der Waals surface area contributed by atoms with Gasteiger partial charge in [0.15, 0.2) is 0 Å². The molecule has 4 rings (SSSR count). The van der Waals surface area contributed by atoms with Gasteiger partial charge in [-0.15, -0.1) is 0 Å². The van der Waals surface area contributed by atoms with Gasteiger partial charge in [-0.1, -0.05) is 0 Å². The number of anilines is 1. The van der Waals surface area contributed by atoms with Crippen LogP contribution in [0.15, 0.2) is 18.3 Å². The zero-order valence-electron chi connectivity index (χ0n) is 17.4. The molecular weight excluding hydrogens is 386 g/mol. The van der Waals surface area contributed by atoms with Crippen molar-refractivity contribution in [1.82, 2.24) is 24.6 Å². The number of fused-ring (bicyclic) bond motifs is 1. The van der Waals surface area contributed by atoms with E-state index in [0.717, 1.165) is 51.3 Å². The molecule has 1 N–H and O–H groups in total. The van der Waals surface area contributed by atoms with Crippen LogP contribution >= 0.6 is 0 Å². The molecule has 2 aromatic rings. The summed E-state index contributed by atoms with van der Waals surface area (Å²) in [6.45, 7) is 6.39. The predicted molar refractivity (Wildman–Crippen MR) is 112 cm³/mol. The van der Waals surface area contributed by atoms with E-state index in [-0.39, 0.29) is 11.6 Å². The largest absolute Gasteiger partial charge is 0.370 e. The van der Waals surface area contributed by atoms with Gasteiger partial charge in [-0.05, 0) is 38.8 Å². The number of amides is 1. The summed E-state index contributed by atoms with van der Waals surface area (Å²) in [6, 6.07) is 3.12. The Morgan fingerprint density at radius 1 is 1.27 bits per heavy atom. The van der Waals surface area contributed by atoms with Crippen molar-refractivity contribution >= 4 is 17.4 Å². The Bertz CT molecular complexity index is 950. The minimum Gasteiger partial charge on any atom is -0.370 e. The average Bonchev–Trinajstić information content (AvgIpc) is 3.15. The number of likely N-dealkylation sites (N-methyl/N-ethyl adjacent to an activating group) is 1. The molecule has 0 aliphatic carbocycles. The van der Waals surface area contributed by atoms with Crippen LogP contribution in [0.2, 0.25) is 0 Å². The van der Waals surface area contributed by atoms with E-state index < -0.39 is 4.92 Å². The molecule has 2 aliphatic heterocycles. The lowest BCUT2D eigenvalue weighted by atomic mass is 9.94. The predicted octanol–water partition coefficient (Wildman–Crippen LogP) is 1.56. The van der Waals surface area contributed by atoms with Crippen LogP contribution in [0.25, 0.3) is 0 Å². The summed E-state index contributed by atoms with van der Waals surface area (Å²) in [7, 11) is 2.07. The quantitative estimate of drug-likeness (QED) is 0.585. The highest BCUT2D eigenvalue weighted by molar-refractivity contribution is 5.95. The number of pyridine rings is 1. The van der Waals surface area contributed by atoms with E-state index in [2.05, 4.69) is 27.3 Å². The van der Waals surface area contributed by atoms with Crippen molar-refractivity contribution < 1.29 is 9.72 Å². The molecule has 0 aromatic carbocycles. The third kappa shape index (κ3) is 4.13. The fourth-order valence-electron chi connectivity index (χ4n) is 4.13. The molecule has 1 atom stereocenters. The molecule has 4 heterocycles. The smallest absolute Gasteiger partial charge is 0.290 e. The summed E-state index contributed by atoms with van der Waals surface area (Å²) in [5.41, 5.74) is 2.14. The molecule has 0 saturated carbocycles. The molecule has 0 radical (unpaired) electrons. The summed E-state index contributed by atoms with van der Waals surface area (Å²) < 4.78 is 1.95. The van der Waals surface area contributed by atoms with E-state index in [1.54, 1.807) is 19.2 Å². The number of carbonyl (C=O) groups excluding carboxylic acids is 1. The second kappa shape index (κ2) is 8.39. The number of rotatable bonds is 5. The third-order valence-corrected chi connectivity index (χ3v) is 6.03. The van der Waals surface area contributed by atoms with Gasteiger partial charge in [-0.3, -0.25) is 19.6 Å². The topological polar surface area (TPSA) is 109 Å². The second-order valence-electron chi connectivity index (χ2n) is 8.12. The minimum atomic E-state index is -0.423. The molecule has 30 heavy (non-hydrogen) atoms. The second-order valence-corrected chi connectivity index (χ2v) is 8.12. The van der Waals surface area contributed by atoms with Crippen LogP contribution in [-0.2, 0) is 13.0 Å². The summed E-state index contributed by atoms with van der Waals surface area (Å²) in [5.74, 6) is 1.04. The lowest BCUT2D eigenvalue weighted by molar-refractivity contribution is -0.385. The number of aryl methyl sites for hydroxylation is 2. The van der Waals surface area contributed by atoms with Crippen molar-refractivity contribution in [2.45, 2.75) is 26.3 Å². The van der Waals surface area contributed by atoms with Gasteiger partial charge in [0.25, 0.3) is 11.6 Å². The number of hydrogen-bond acceptors (Lipinski definition) is 7. The van der Waals surface area contributed by atoms with Crippen molar-refractivity contribution in [2.24, 2.45) is 5.92 Å². The van der Waals surface area contributed by atoms with E-state index >= 15 is 0 Å². The summed E-state index contributed by atoms with van der Waals surface area (Å²) in [6.07, 6.45) is 3.44. The first-order chi connectivity index (χ1) is 14.4. The van der Waals surface area contributed by atoms with Gasteiger partial charge in [-0.2, -0.15) is 5.10 Å². The molecule has 1 amide bonds. The van der Waals surface area contributed by atoms with Crippen LogP contribution in [0.1, 0.15) is 28.2 Å². The Morgan fingerprint density at radius 3 is 2.73 bits per heavy atom. The van der Waals surface area contributed by atoms with Gasteiger partial charge in [-0.25, -0.2) is 4.98 Å². The van der Waals surface area contributed by atoms with Crippen LogP contribution in [0.5, 0.6) is 0 Å². The molecular formula is C20H27N7O3. The molecule has 0 unspecified atom stereocenters. The standard InChI is InChI=1S/C20H27N7O3/c1-14-17(27(29)30)3-4-19(23-14)21-12-15-5-6-26-18(11-15)16(13-22-26)20(28)25-9-7-24(2)8-10-25/h3-4,13,15H,5-12H2,1-2H3,(H,21,23)/t15-/m0/s1. The zero-order chi connectivity index (χ0) is 21.3. The van der Waals surface area contributed by atoms with Gasteiger partial charge in [0.1, 0.15) is 11.5 Å². The SMILES string of the molecule is Cc1nc(NC[C@H]2CCn3ncc(C(=O)N4CCN(C)CC4)c3C2)ccc1[N+](=O)[O-]. The fraction of sp³-hybridized carbons (Fsp3) is 0.550. The molecule has 0 bridgehead atoms. The Kier molecular flexibility index (Phi) is 5.67. The van der Waals surface area contributed by atoms with Crippen molar-refractivity contribution in [3.05, 3.63) is 45.4 Å². The van der Waals surface area contributed by atoms with E-state index in [9.17, 15) is 14.9 Å². The lowest BCUT2D eigenvalue weighted by Gasteiger charge is -2.32. The lowest BCUT2D eigenvalue weighted by Crippen LogP contribution is -2.47. The summed E-state index contributed by atoms with van der Waals surface area (Å²) in [4.78, 5) is 32.0. The molecule has 160 valence electrons. The molecule has 2 aromatic heterocycles. The number of nitro groups is 1. The first kappa shape index (κ1) is 20.3. The van der Waals surface area contributed by atoms with Crippen molar-refractivity contribution in [3.63, 3.8) is 0 Å². The van der Waals surface area contributed by atoms with Crippen LogP contribution in [-0.4, -0.2) is 75.2 Å². The van der Waals surface area contributed by atoms with Gasteiger partial charge in [0.2, 0.25) is 0 Å². The zero-order valence-corrected chi connectivity index (χ0v) is 17.4. The maximum absolute atomic E-state index is 13.0. The Balaban J connectivity index is 1.40. The van der Waals surface area contributed by atoms with E-state index in [0.29, 0.717) is 29.5 Å². The molecule has 2 aliphatic rings. The number of piperazine rings is 1. The molecule has 0 spiro atoms. The van der Waals surface area contributed by atoms with Crippen LogP contribution < -0.4 is 5.32 Å². The van der Waals surface area contributed by atoms with Crippen LogP contribution in [0, 0.1) is 23.0 Å². The molecule has 1 saturated heterocycles. The van der Waals surface area contributed by atoms with Gasteiger partial charge >= 0.3 is 0 Å². The van der Waals surface area contributed by atoms with Crippen LogP contribution in [0.3, 0.4) is 0 Å². The molecule has 10 nitrogen and oxygen atoms in total. The maximum atomic E-state index is 13.0. The van der Waals surface area contributed by atoms with Crippen molar-refractivity contribution in [2.75, 3.05) is 45.1 Å². The normalized spacial score (nSPS) is 19.4. The van der Waals surface area contributed by atoms with E-state index in [4.69, 9.17) is 0 Å². The molecule has 10 heteroatoms. The number of nitrogens with one attached hydrogen (secondary N) is 1.